The van der Waals surface area contributed by atoms with Gasteiger partial charge in [0.05, 0.1) is 6.04 Å². The second kappa shape index (κ2) is 4.09. The van der Waals surface area contributed by atoms with Crippen molar-refractivity contribution in [1.29, 1.82) is 0 Å². The van der Waals surface area contributed by atoms with E-state index in [0.717, 1.165) is 0 Å². The monoisotopic (exact) mass is 259 g/mol. The Bertz CT molecular complexity index is 513. The van der Waals surface area contributed by atoms with Gasteiger partial charge in [-0.1, -0.05) is 24.3 Å². The van der Waals surface area contributed by atoms with Crippen molar-refractivity contribution in [3.8, 4) is 0 Å². The number of amides is 1. The Balaban J connectivity index is 2.30. The van der Waals surface area contributed by atoms with Crippen LogP contribution in [0.4, 0.5) is 13.2 Å². The second-order valence-corrected chi connectivity index (χ2v) is 3.85. The molecule has 0 saturated carbocycles. The largest absolute Gasteiger partial charge is 0.471 e. The molecule has 1 amide bonds. The van der Waals surface area contributed by atoms with Crippen LogP contribution in [0.3, 0.4) is 0 Å². The van der Waals surface area contributed by atoms with Crippen LogP contribution < -0.4 is 5.32 Å². The lowest BCUT2D eigenvalue weighted by Gasteiger charge is -2.17. The Morgan fingerprint density at radius 3 is 2.50 bits per heavy atom. The number of ketones is 1. The molecule has 0 spiro atoms. The van der Waals surface area contributed by atoms with E-state index in [9.17, 15) is 27.9 Å². The van der Waals surface area contributed by atoms with Gasteiger partial charge in [0.15, 0.2) is 5.78 Å². The molecule has 2 N–H and O–H groups in total. The van der Waals surface area contributed by atoms with Crippen molar-refractivity contribution in [3.63, 3.8) is 0 Å². The van der Waals surface area contributed by atoms with E-state index in [-0.39, 0.29) is 11.1 Å². The minimum Gasteiger partial charge on any atom is -0.382 e. The van der Waals surface area contributed by atoms with E-state index >= 15 is 0 Å². The first-order valence-corrected chi connectivity index (χ1v) is 5.01. The van der Waals surface area contributed by atoms with Gasteiger partial charge in [0.1, 0.15) is 6.10 Å². The number of benzene rings is 1. The minimum absolute atomic E-state index is 0.123. The van der Waals surface area contributed by atoms with Gasteiger partial charge in [0, 0.05) is 5.56 Å². The van der Waals surface area contributed by atoms with Crippen LogP contribution in [0.5, 0.6) is 0 Å². The normalized spacial score (nSPS) is 22.8. The van der Waals surface area contributed by atoms with Crippen molar-refractivity contribution in [2.24, 2.45) is 0 Å². The van der Waals surface area contributed by atoms with E-state index in [1.165, 1.54) is 24.3 Å². The van der Waals surface area contributed by atoms with Crippen LogP contribution in [-0.2, 0) is 4.79 Å². The topological polar surface area (TPSA) is 66.4 Å². The highest BCUT2D eigenvalue weighted by molar-refractivity contribution is 6.05. The quantitative estimate of drug-likeness (QED) is 0.789. The first-order chi connectivity index (χ1) is 8.32. The molecule has 0 aliphatic heterocycles. The Morgan fingerprint density at radius 1 is 1.28 bits per heavy atom. The summed E-state index contributed by atoms with van der Waals surface area (Å²) in [5, 5.41) is 11.2. The molecule has 18 heavy (non-hydrogen) atoms. The number of Topliss-reactive ketones (excluding diaryl/α,β-unsaturated/α-hetero) is 1. The number of halogens is 3. The zero-order valence-electron chi connectivity index (χ0n) is 8.86. The lowest BCUT2D eigenvalue weighted by atomic mass is 10.1. The molecule has 0 radical (unpaired) electrons. The van der Waals surface area contributed by atoms with Crippen LogP contribution in [0.2, 0.25) is 0 Å². The molecule has 0 heterocycles. The van der Waals surface area contributed by atoms with Crippen LogP contribution in [0.15, 0.2) is 24.3 Å². The summed E-state index contributed by atoms with van der Waals surface area (Å²) in [6.07, 6.45) is -6.74. The van der Waals surface area contributed by atoms with Crippen molar-refractivity contribution < 1.29 is 27.9 Å². The van der Waals surface area contributed by atoms with Gasteiger partial charge in [-0.3, -0.25) is 9.59 Å². The first kappa shape index (κ1) is 12.6. The maximum Gasteiger partial charge on any atom is 0.471 e. The van der Waals surface area contributed by atoms with Crippen molar-refractivity contribution in [2.75, 3.05) is 0 Å². The Hall–Kier alpha value is -1.89. The summed E-state index contributed by atoms with van der Waals surface area (Å²) in [6, 6.07) is 4.46. The first-order valence-electron chi connectivity index (χ1n) is 5.01. The van der Waals surface area contributed by atoms with E-state index in [0.29, 0.717) is 0 Å². The molecule has 2 unspecified atom stereocenters. The maximum atomic E-state index is 12.1. The highest BCUT2D eigenvalue weighted by Gasteiger charge is 2.45. The van der Waals surface area contributed by atoms with E-state index in [4.69, 9.17) is 0 Å². The SMILES string of the molecule is O=C1c2ccccc2C(NC(=O)C(F)(F)F)C1O. The summed E-state index contributed by atoms with van der Waals surface area (Å²) in [4.78, 5) is 22.4. The van der Waals surface area contributed by atoms with Crippen LogP contribution in [0.1, 0.15) is 22.0 Å². The van der Waals surface area contributed by atoms with E-state index in [1.807, 2.05) is 0 Å². The second-order valence-electron chi connectivity index (χ2n) is 3.85. The summed E-state index contributed by atoms with van der Waals surface area (Å²) in [7, 11) is 0. The number of hydrogen-bond acceptors (Lipinski definition) is 3. The van der Waals surface area contributed by atoms with E-state index in [1.54, 1.807) is 5.32 Å². The molecule has 1 aromatic rings. The zero-order chi connectivity index (χ0) is 13.5. The molecule has 1 aliphatic rings. The third-order valence-corrected chi connectivity index (χ3v) is 2.69. The molecule has 96 valence electrons. The number of nitrogens with one attached hydrogen (secondary N) is 1. The molecule has 0 bridgehead atoms. The summed E-state index contributed by atoms with van der Waals surface area (Å²) in [5.74, 6) is -2.88. The number of rotatable bonds is 1. The van der Waals surface area contributed by atoms with Gasteiger partial charge in [-0.2, -0.15) is 13.2 Å². The van der Waals surface area contributed by atoms with Crippen molar-refractivity contribution in [3.05, 3.63) is 35.4 Å². The molecule has 2 atom stereocenters. The number of carbonyl (C=O) groups excluding carboxylic acids is 2. The fourth-order valence-electron chi connectivity index (χ4n) is 1.85. The summed E-state index contributed by atoms with van der Waals surface area (Å²) < 4.78 is 36.4. The molecule has 7 heteroatoms. The van der Waals surface area contributed by atoms with Crippen LogP contribution >= 0.6 is 0 Å². The summed E-state index contributed by atoms with van der Waals surface area (Å²) in [5.41, 5.74) is 0.310. The Morgan fingerprint density at radius 2 is 1.89 bits per heavy atom. The van der Waals surface area contributed by atoms with Crippen LogP contribution in [0.25, 0.3) is 0 Å². The fourth-order valence-corrected chi connectivity index (χ4v) is 1.85. The van der Waals surface area contributed by atoms with Crippen LogP contribution in [0, 0.1) is 0 Å². The van der Waals surface area contributed by atoms with Crippen molar-refractivity contribution in [2.45, 2.75) is 18.3 Å². The summed E-state index contributed by atoms with van der Waals surface area (Å²) >= 11 is 0. The molecule has 0 fully saturated rings. The number of aliphatic hydroxyl groups is 1. The predicted molar refractivity (Wildman–Crippen MR) is 53.7 cm³/mol. The van der Waals surface area contributed by atoms with Crippen LogP contribution in [-0.4, -0.2) is 29.1 Å². The number of aliphatic hydroxyl groups excluding tert-OH is 1. The lowest BCUT2D eigenvalue weighted by molar-refractivity contribution is -0.174. The van der Waals surface area contributed by atoms with Gasteiger partial charge in [0.25, 0.3) is 0 Å². The highest BCUT2D eigenvalue weighted by atomic mass is 19.4. The van der Waals surface area contributed by atoms with Gasteiger partial charge in [-0.15, -0.1) is 0 Å². The molecular formula is C11H8F3NO3. The average molecular weight is 259 g/mol. The molecule has 0 saturated heterocycles. The van der Waals surface area contributed by atoms with Crippen molar-refractivity contribution in [1.82, 2.24) is 5.32 Å². The van der Waals surface area contributed by atoms with E-state index < -0.39 is 30.0 Å². The summed E-state index contributed by atoms with van der Waals surface area (Å²) in [6.45, 7) is 0. The zero-order valence-corrected chi connectivity index (χ0v) is 8.86. The average Bonchev–Trinajstić information content (AvgIpc) is 2.54. The number of alkyl halides is 3. The van der Waals surface area contributed by atoms with Gasteiger partial charge < -0.3 is 10.4 Å². The molecule has 4 nitrogen and oxygen atoms in total. The molecular weight excluding hydrogens is 251 g/mol. The van der Waals surface area contributed by atoms with E-state index in [2.05, 4.69) is 0 Å². The Labute approximate surface area is 99.4 Å². The standard InChI is InChI=1S/C11H8F3NO3/c12-11(13,14)10(18)15-7-5-3-1-2-4-6(5)8(16)9(7)17/h1-4,7,9,17H,(H,15,18). The van der Waals surface area contributed by atoms with Gasteiger partial charge in [0.2, 0.25) is 0 Å². The smallest absolute Gasteiger partial charge is 0.382 e. The Kier molecular flexibility index (Phi) is 2.86. The lowest BCUT2D eigenvalue weighted by Crippen LogP contribution is -2.42. The fraction of sp³-hybridized carbons (Fsp3) is 0.273. The third-order valence-electron chi connectivity index (χ3n) is 2.69. The number of fused-ring (bicyclic) bond motifs is 1. The minimum atomic E-state index is -5.06. The van der Waals surface area contributed by atoms with Gasteiger partial charge >= 0.3 is 12.1 Å². The molecule has 2 rings (SSSR count). The van der Waals surface area contributed by atoms with Gasteiger partial charge in [-0.25, -0.2) is 0 Å². The van der Waals surface area contributed by atoms with Gasteiger partial charge in [-0.05, 0) is 5.56 Å². The number of hydrogen-bond donors (Lipinski definition) is 2. The highest BCUT2D eigenvalue weighted by Crippen LogP contribution is 2.32. The van der Waals surface area contributed by atoms with Crippen molar-refractivity contribution >= 4 is 11.7 Å². The maximum absolute atomic E-state index is 12.1. The molecule has 1 aromatic carbocycles. The predicted octanol–water partition coefficient (Wildman–Crippen LogP) is 0.963. The molecule has 1 aliphatic carbocycles. The molecule has 0 aromatic heterocycles. The third kappa shape index (κ3) is 1.97. The number of carbonyl (C=O) groups is 2.